The predicted molar refractivity (Wildman–Crippen MR) is 98.3 cm³/mol. The number of hydrogen-bond acceptors (Lipinski definition) is 2. The monoisotopic (exact) mass is 361 g/mol. The molecule has 0 aliphatic carbocycles. The van der Waals surface area contributed by atoms with Crippen molar-refractivity contribution in [2.45, 2.75) is 51.0 Å². The summed E-state index contributed by atoms with van der Waals surface area (Å²) in [6.45, 7) is 2.76. The normalized spacial score (nSPS) is 20.5. The maximum atomic E-state index is 13.7. The number of likely N-dealkylation sites (tertiary alicyclic amines) is 2. The van der Waals surface area contributed by atoms with Crippen LogP contribution in [0.1, 0.15) is 44.1 Å². The minimum atomic E-state index is -0.229. The van der Waals surface area contributed by atoms with Crippen LogP contribution in [0.5, 0.6) is 0 Å². The summed E-state index contributed by atoms with van der Waals surface area (Å²) >= 11 is 0. The van der Waals surface area contributed by atoms with Gasteiger partial charge in [0.2, 0.25) is 5.91 Å². The Kier molecular flexibility index (Phi) is 6.47. The summed E-state index contributed by atoms with van der Waals surface area (Å²) in [6, 6.07) is 6.78. The van der Waals surface area contributed by atoms with Gasteiger partial charge in [-0.15, -0.1) is 0 Å². The van der Waals surface area contributed by atoms with Gasteiger partial charge in [0.15, 0.2) is 0 Å². The molecule has 0 unspecified atom stereocenters. The molecule has 2 fully saturated rings. The van der Waals surface area contributed by atoms with E-state index >= 15 is 0 Å². The van der Waals surface area contributed by atoms with E-state index in [0.717, 1.165) is 51.7 Å². The number of piperidine rings is 1. The third-order valence-corrected chi connectivity index (χ3v) is 5.42. The van der Waals surface area contributed by atoms with Crippen molar-refractivity contribution in [1.29, 1.82) is 0 Å². The maximum absolute atomic E-state index is 13.7. The Hall–Kier alpha value is -2.11. The van der Waals surface area contributed by atoms with Crippen molar-refractivity contribution >= 4 is 11.9 Å². The number of nitrogens with zero attached hydrogens (tertiary/aromatic N) is 2. The summed E-state index contributed by atoms with van der Waals surface area (Å²) in [5.41, 5.74) is 0.621. The first-order valence-electron chi connectivity index (χ1n) is 9.71. The summed E-state index contributed by atoms with van der Waals surface area (Å²) in [5.74, 6) is 0.00887. The van der Waals surface area contributed by atoms with Crippen LogP contribution in [-0.4, -0.2) is 54.0 Å². The lowest BCUT2D eigenvalue weighted by atomic mass is 9.99. The fourth-order valence-electron chi connectivity index (χ4n) is 3.92. The first-order chi connectivity index (χ1) is 12.6. The van der Waals surface area contributed by atoms with Gasteiger partial charge in [-0.05, 0) is 50.2 Å². The zero-order valence-corrected chi connectivity index (χ0v) is 15.3. The molecular weight excluding hydrogens is 333 g/mol. The number of carbonyl (C=O) groups is 2. The third kappa shape index (κ3) is 4.74. The molecule has 0 radical (unpaired) electrons. The van der Waals surface area contributed by atoms with Gasteiger partial charge in [-0.2, -0.15) is 0 Å². The molecule has 3 amide bonds. The van der Waals surface area contributed by atoms with Crippen molar-refractivity contribution in [3.05, 3.63) is 35.6 Å². The molecule has 6 heteroatoms. The minimum absolute atomic E-state index is 0.0706. The van der Waals surface area contributed by atoms with Crippen molar-refractivity contribution in [1.82, 2.24) is 15.1 Å². The Bertz CT molecular complexity index is 637. The van der Waals surface area contributed by atoms with E-state index in [9.17, 15) is 14.0 Å². The number of amides is 3. The number of carbonyl (C=O) groups excluding carboxylic acids is 2. The van der Waals surface area contributed by atoms with Crippen LogP contribution < -0.4 is 5.32 Å². The van der Waals surface area contributed by atoms with Crippen molar-refractivity contribution in [3.8, 4) is 0 Å². The van der Waals surface area contributed by atoms with Gasteiger partial charge in [-0.25, -0.2) is 9.18 Å². The number of rotatable bonds is 6. The molecule has 1 aromatic rings. The molecule has 142 valence electrons. The molecule has 2 heterocycles. The lowest BCUT2D eigenvalue weighted by Crippen LogP contribution is -2.50. The van der Waals surface area contributed by atoms with Crippen LogP contribution in [0.4, 0.5) is 9.18 Å². The van der Waals surface area contributed by atoms with E-state index in [1.165, 1.54) is 6.07 Å². The van der Waals surface area contributed by atoms with Gasteiger partial charge in [-0.3, -0.25) is 4.79 Å². The largest absolute Gasteiger partial charge is 0.343 e. The molecule has 2 aliphatic heterocycles. The van der Waals surface area contributed by atoms with Gasteiger partial charge in [0.1, 0.15) is 5.82 Å². The van der Waals surface area contributed by atoms with Crippen molar-refractivity contribution in [2.75, 3.05) is 26.2 Å². The SMILES string of the molecule is O=C1CCCN1CC[C@H]1CCCCN1C(=O)NCCc1ccccc1F. The average Bonchev–Trinajstić information content (AvgIpc) is 3.06. The van der Waals surface area contributed by atoms with Crippen LogP contribution in [0.2, 0.25) is 0 Å². The predicted octanol–water partition coefficient (Wildman–Crippen LogP) is 2.94. The Morgan fingerprint density at radius 2 is 2.04 bits per heavy atom. The smallest absolute Gasteiger partial charge is 0.317 e. The van der Waals surface area contributed by atoms with E-state index in [1.807, 2.05) is 9.80 Å². The number of halogens is 1. The summed E-state index contributed by atoms with van der Waals surface area (Å²) in [7, 11) is 0. The number of nitrogens with one attached hydrogen (secondary N) is 1. The minimum Gasteiger partial charge on any atom is -0.343 e. The van der Waals surface area contributed by atoms with E-state index in [1.54, 1.807) is 18.2 Å². The van der Waals surface area contributed by atoms with Gasteiger partial charge in [0, 0.05) is 38.6 Å². The lowest BCUT2D eigenvalue weighted by Gasteiger charge is -2.36. The first kappa shape index (κ1) is 18.7. The summed E-state index contributed by atoms with van der Waals surface area (Å²) in [4.78, 5) is 28.2. The summed E-state index contributed by atoms with van der Waals surface area (Å²) < 4.78 is 13.7. The van der Waals surface area contributed by atoms with Gasteiger partial charge in [0.25, 0.3) is 0 Å². The van der Waals surface area contributed by atoms with E-state index in [0.29, 0.717) is 24.9 Å². The number of benzene rings is 1. The molecule has 2 aliphatic rings. The van der Waals surface area contributed by atoms with Crippen LogP contribution >= 0.6 is 0 Å². The van der Waals surface area contributed by atoms with Gasteiger partial charge >= 0.3 is 6.03 Å². The first-order valence-corrected chi connectivity index (χ1v) is 9.71. The second kappa shape index (κ2) is 9.01. The molecule has 1 aromatic carbocycles. The highest BCUT2D eigenvalue weighted by molar-refractivity contribution is 5.78. The van der Waals surface area contributed by atoms with E-state index in [-0.39, 0.29) is 23.8 Å². The molecule has 1 atom stereocenters. The van der Waals surface area contributed by atoms with Crippen LogP contribution in [-0.2, 0) is 11.2 Å². The van der Waals surface area contributed by atoms with Crippen LogP contribution in [0.15, 0.2) is 24.3 Å². The van der Waals surface area contributed by atoms with E-state index in [4.69, 9.17) is 0 Å². The topological polar surface area (TPSA) is 52.7 Å². The Labute approximate surface area is 154 Å². The highest BCUT2D eigenvalue weighted by Gasteiger charge is 2.28. The number of hydrogen-bond donors (Lipinski definition) is 1. The van der Waals surface area contributed by atoms with Crippen molar-refractivity contribution < 1.29 is 14.0 Å². The summed E-state index contributed by atoms with van der Waals surface area (Å²) in [5, 5.41) is 2.93. The van der Waals surface area contributed by atoms with Crippen molar-refractivity contribution in [3.63, 3.8) is 0 Å². The van der Waals surface area contributed by atoms with Gasteiger partial charge in [-0.1, -0.05) is 18.2 Å². The second-order valence-corrected chi connectivity index (χ2v) is 7.19. The van der Waals surface area contributed by atoms with E-state index < -0.39 is 0 Å². The maximum Gasteiger partial charge on any atom is 0.317 e. The fraction of sp³-hybridized carbons (Fsp3) is 0.600. The molecule has 2 saturated heterocycles. The molecule has 1 N–H and O–H groups in total. The second-order valence-electron chi connectivity index (χ2n) is 7.19. The average molecular weight is 361 g/mol. The Morgan fingerprint density at radius 1 is 1.19 bits per heavy atom. The highest BCUT2D eigenvalue weighted by Crippen LogP contribution is 2.21. The third-order valence-electron chi connectivity index (χ3n) is 5.42. The lowest BCUT2D eigenvalue weighted by molar-refractivity contribution is -0.127. The van der Waals surface area contributed by atoms with Crippen LogP contribution in [0.25, 0.3) is 0 Å². The molecule has 3 rings (SSSR count). The molecule has 26 heavy (non-hydrogen) atoms. The van der Waals surface area contributed by atoms with E-state index in [2.05, 4.69) is 5.32 Å². The molecule has 0 saturated carbocycles. The van der Waals surface area contributed by atoms with Gasteiger partial charge < -0.3 is 15.1 Å². The van der Waals surface area contributed by atoms with Crippen LogP contribution in [0, 0.1) is 5.82 Å². The van der Waals surface area contributed by atoms with Gasteiger partial charge in [0.05, 0.1) is 0 Å². The Balaban J connectivity index is 1.47. The zero-order valence-electron chi connectivity index (χ0n) is 15.3. The highest BCUT2D eigenvalue weighted by atomic mass is 19.1. The molecule has 0 spiro atoms. The molecule has 0 bridgehead atoms. The molecular formula is C20H28FN3O2. The quantitative estimate of drug-likeness (QED) is 0.847. The Morgan fingerprint density at radius 3 is 2.81 bits per heavy atom. The standard InChI is InChI=1S/C20H28FN3O2/c21-18-8-2-1-6-16(18)10-12-22-20(26)24-14-4-3-7-17(24)11-15-23-13-5-9-19(23)25/h1-2,6,8,17H,3-5,7,9-15H2,(H,22,26)/t17-/m1/s1. The molecule has 5 nitrogen and oxygen atoms in total. The van der Waals surface area contributed by atoms with Crippen LogP contribution in [0.3, 0.4) is 0 Å². The molecule has 0 aromatic heterocycles. The zero-order chi connectivity index (χ0) is 18.4. The summed E-state index contributed by atoms with van der Waals surface area (Å²) in [6.07, 6.45) is 6.06. The number of urea groups is 1. The fourth-order valence-corrected chi connectivity index (χ4v) is 3.92. The van der Waals surface area contributed by atoms with Crippen molar-refractivity contribution in [2.24, 2.45) is 0 Å².